The van der Waals surface area contributed by atoms with Gasteiger partial charge in [-0.15, -0.1) is 10.2 Å². The molecule has 2 N–H and O–H groups in total. The van der Waals surface area contributed by atoms with Crippen molar-refractivity contribution in [2.75, 3.05) is 32.6 Å². The van der Waals surface area contributed by atoms with Gasteiger partial charge in [-0.2, -0.15) is 0 Å². The lowest BCUT2D eigenvalue weighted by molar-refractivity contribution is -0.119. The van der Waals surface area contributed by atoms with Crippen LogP contribution in [0.3, 0.4) is 0 Å². The van der Waals surface area contributed by atoms with Crippen molar-refractivity contribution in [1.29, 1.82) is 0 Å². The Morgan fingerprint density at radius 2 is 2.03 bits per heavy atom. The van der Waals surface area contributed by atoms with Gasteiger partial charge >= 0.3 is 6.09 Å². The molecule has 1 aliphatic rings. The third-order valence-electron chi connectivity index (χ3n) is 4.98. The minimum Gasteiger partial charge on any atom is -0.480 e. The third kappa shape index (κ3) is 3.69. The summed E-state index contributed by atoms with van der Waals surface area (Å²) in [5.41, 5.74) is 2.14. The predicted molar refractivity (Wildman–Crippen MR) is 106 cm³/mol. The summed E-state index contributed by atoms with van der Waals surface area (Å²) in [5.74, 6) is 0.473. The van der Waals surface area contributed by atoms with Crippen molar-refractivity contribution >= 4 is 23.5 Å². The number of anilines is 1. The Kier molecular flexibility index (Phi) is 5.09. The van der Waals surface area contributed by atoms with E-state index >= 15 is 0 Å². The van der Waals surface area contributed by atoms with Gasteiger partial charge in [-0.25, -0.2) is 9.78 Å². The monoisotopic (exact) mass is 412 g/mol. The molecule has 1 unspecified atom stereocenters. The fourth-order valence-corrected chi connectivity index (χ4v) is 3.41. The van der Waals surface area contributed by atoms with E-state index in [1.165, 1.54) is 19.1 Å². The van der Waals surface area contributed by atoms with Crippen molar-refractivity contribution < 1.29 is 24.2 Å². The molecule has 3 aromatic heterocycles. The van der Waals surface area contributed by atoms with Crippen LogP contribution in [0.4, 0.5) is 10.6 Å². The van der Waals surface area contributed by atoms with Gasteiger partial charge in [0.05, 0.1) is 31.9 Å². The molecule has 1 fully saturated rings. The quantitative estimate of drug-likeness (QED) is 0.648. The number of carbonyl (C=O) groups is 2. The summed E-state index contributed by atoms with van der Waals surface area (Å²) in [6.45, 7) is 0.544. The molecule has 11 nitrogen and oxygen atoms in total. The lowest BCUT2D eigenvalue weighted by atomic mass is 10.1. The first-order chi connectivity index (χ1) is 14.5. The molecule has 0 bridgehead atoms. The zero-order valence-corrected chi connectivity index (χ0v) is 16.4. The SMILES string of the molecule is COc1cc(-c2ccc3nc(NC(=O)C4CCN(C(=O)O)C4)cn3c2)c(OC)nn1. The lowest BCUT2D eigenvalue weighted by Crippen LogP contribution is -2.30. The van der Waals surface area contributed by atoms with Gasteiger partial charge in [0.1, 0.15) is 5.65 Å². The van der Waals surface area contributed by atoms with Gasteiger partial charge < -0.3 is 29.2 Å². The van der Waals surface area contributed by atoms with E-state index in [1.54, 1.807) is 22.7 Å². The molecule has 1 aliphatic heterocycles. The topological polar surface area (TPSA) is 131 Å². The molecule has 0 saturated carbocycles. The second-order valence-corrected chi connectivity index (χ2v) is 6.82. The van der Waals surface area contributed by atoms with Crippen molar-refractivity contribution in [2.45, 2.75) is 6.42 Å². The molecule has 3 aromatic rings. The number of nitrogens with one attached hydrogen (secondary N) is 1. The van der Waals surface area contributed by atoms with E-state index in [0.717, 1.165) is 5.56 Å². The number of hydrogen-bond acceptors (Lipinski definition) is 7. The summed E-state index contributed by atoms with van der Waals surface area (Å²) in [5, 5.41) is 19.7. The molecule has 0 radical (unpaired) electrons. The van der Waals surface area contributed by atoms with Crippen LogP contribution in [0.25, 0.3) is 16.8 Å². The molecule has 2 amide bonds. The van der Waals surface area contributed by atoms with E-state index in [0.29, 0.717) is 41.8 Å². The standard InChI is InChI=1S/C19H20N6O5/c1-29-16-7-13(18(30-2)23-22-16)11-3-4-15-20-14(10-25(15)8-11)21-17(26)12-5-6-24(9-12)19(27)28/h3-4,7-8,10,12H,5-6,9H2,1-2H3,(H,21,26)(H,27,28). The number of methoxy groups -OCH3 is 2. The van der Waals surface area contributed by atoms with Crippen molar-refractivity contribution in [3.63, 3.8) is 0 Å². The van der Waals surface area contributed by atoms with E-state index in [9.17, 15) is 9.59 Å². The molecule has 1 atom stereocenters. The average Bonchev–Trinajstić information content (AvgIpc) is 3.39. The number of rotatable bonds is 5. The fraction of sp³-hybridized carbons (Fsp3) is 0.316. The van der Waals surface area contributed by atoms with Gasteiger partial charge in [0.25, 0.3) is 0 Å². The number of carbonyl (C=O) groups excluding carboxylic acids is 1. The van der Waals surface area contributed by atoms with Crippen molar-refractivity contribution in [2.24, 2.45) is 5.92 Å². The fourth-order valence-electron chi connectivity index (χ4n) is 3.41. The summed E-state index contributed by atoms with van der Waals surface area (Å²) in [4.78, 5) is 29.2. The summed E-state index contributed by atoms with van der Waals surface area (Å²) in [7, 11) is 3.02. The summed E-state index contributed by atoms with van der Waals surface area (Å²) in [6, 6.07) is 5.38. The molecule has 0 aliphatic carbocycles. The highest BCUT2D eigenvalue weighted by atomic mass is 16.5. The molecule has 156 valence electrons. The number of aromatic nitrogens is 4. The summed E-state index contributed by atoms with van der Waals surface area (Å²) >= 11 is 0. The highest BCUT2D eigenvalue weighted by Crippen LogP contribution is 2.30. The number of nitrogens with zero attached hydrogens (tertiary/aromatic N) is 5. The van der Waals surface area contributed by atoms with Crippen LogP contribution in [0, 0.1) is 5.92 Å². The molecule has 0 aromatic carbocycles. The Hall–Kier alpha value is -3.89. The molecule has 30 heavy (non-hydrogen) atoms. The molecule has 11 heteroatoms. The number of amides is 2. The maximum absolute atomic E-state index is 12.5. The predicted octanol–water partition coefficient (Wildman–Crippen LogP) is 1.75. The van der Waals surface area contributed by atoms with Crippen molar-refractivity contribution in [1.82, 2.24) is 24.5 Å². The van der Waals surface area contributed by atoms with Crippen molar-refractivity contribution in [3.05, 3.63) is 30.6 Å². The third-order valence-corrected chi connectivity index (χ3v) is 4.98. The number of hydrogen-bond donors (Lipinski definition) is 2. The van der Waals surface area contributed by atoms with E-state index in [4.69, 9.17) is 14.6 Å². The number of likely N-dealkylation sites (tertiary alicyclic amines) is 1. The molecule has 4 rings (SSSR count). The number of ether oxygens (including phenoxy) is 2. The minimum atomic E-state index is -1.01. The van der Waals surface area contributed by atoms with Gasteiger partial charge in [0.2, 0.25) is 17.7 Å². The van der Waals surface area contributed by atoms with E-state index in [-0.39, 0.29) is 18.4 Å². The van der Waals surface area contributed by atoms with Crippen LogP contribution in [-0.2, 0) is 4.79 Å². The molecule has 4 heterocycles. The zero-order valence-electron chi connectivity index (χ0n) is 16.4. The second kappa shape index (κ2) is 7.85. The second-order valence-electron chi connectivity index (χ2n) is 6.82. The van der Waals surface area contributed by atoms with Gasteiger partial charge in [0, 0.05) is 30.9 Å². The normalized spacial score (nSPS) is 15.9. The zero-order chi connectivity index (χ0) is 21.3. The number of pyridine rings is 1. The highest BCUT2D eigenvalue weighted by Gasteiger charge is 2.31. The lowest BCUT2D eigenvalue weighted by Gasteiger charge is -2.11. The maximum Gasteiger partial charge on any atom is 0.407 e. The maximum atomic E-state index is 12.5. The van der Waals surface area contributed by atoms with E-state index in [2.05, 4.69) is 20.5 Å². The smallest absolute Gasteiger partial charge is 0.407 e. The van der Waals surface area contributed by atoms with Crippen LogP contribution in [-0.4, -0.2) is 68.9 Å². The van der Waals surface area contributed by atoms with Crippen LogP contribution >= 0.6 is 0 Å². The Morgan fingerprint density at radius 1 is 1.20 bits per heavy atom. The minimum absolute atomic E-state index is 0.190. The Labute approximate surface area is 171 Å². The first-order valence-corrected chi connectivity index (χ1v) is 9.22. The molecular formula is C19H20N6O5. The van der Waals surface area contributed by atoms with Crippen LogP contribution in [0.15, 0.2) is 30.6 Å². The summed E-state index contributed by atoms with van der Waals surface area (Å²) in [6.07, 6.45) is 3.01. The largest absolute Gasteiger partial charge is 0.480 e. The number of imidazole rings is 1. The van der Waals surface area contributed by atoms with Crippen LogP contribution < -0.4 is 14.8 Å². The van der Waals surface area contributed by atoms with E-state index in [1.807, 2.05) is 12.3 Å². The molecule has 1 saturated heterocycles. The van der Waals surface area contributed by atoms with Gasteiger partial charge in [-0.05, 0) is 18.6 Å². The Bertz CT molecular complexity index is 1110. The Balaban J connectivity index is 1.56. The highest BCUT2D eigenvalue weighted by molar-refractivity contribution is 5.92. The van der Waals surface area contributed by atoms with Gasteiger partial charge in [-0.3, -0.25) is 4.79 Å². The average molecular weight is 412 g/mol. The first-order valence-electron chi connectivity index (χ1n) is 9.22. The van der Waals surface area contributed by atoms with Gasteiger partial charge in [-0.1, -0.05) is 0 Å². The van der Waals surface area contributed by atoms with Gasteiger partial charge in [0.15, 0.2) is 5.82 Å². The number of fused-ring (bicyclic) bond motifs is 1. The van der Waals surface area contributed by atoms with Crippen LogP contribution in [0.5, 0.6) is 11.8 Å². The number of carboxylic acid groups (broad SMARTS) is 1. The van der Waals surface area contributed by atoms with Crippen molar-refractivity contribution in [3.8, 4) is 22.9 Å². The Morgan fingerprint density at radius 3 is 2.73 bits per heavy atom. The van der Waals surface area contributed by atoms with E-state index < -0.39 is 6.09 Å². The van der Waals surface area contributed by atoms with Crippen LogP contribution in [0.1, 0.15) is 6.42 Å². The molecular weight excluding hydrogens is 392 g/mol. The van der Waals surface area contributed by atoms with Crippen LogP contribution in [0.2, 0.25) is 0 Å². The summed E-state index contributed by atoms with van der Waals surface area (Å²) < 4.78 is 12.2. The first kappa shape index (κ1) is 19.4. The molecule has 0 spiro atoms.